The minimum Gasteiger partial charge on any atom is -0.487 e. The summed E-state index contributed by atoms with van der Waals surface area (Å²) in [6.07, 6.45) is 0. The number of hydrogen-bond donors (Lipinski definition) is 0. The van der Waals surface area contributed by atoms with Crippen molar-refractivity contribution in [3.05, 3.63) is 44.3 Å². The Bertz CT molecular complexity index is 599. The maximum Gasteiger partial charge on any atom is 0.141 e. The smallest absolute Gasteiger partial charge is 0.141 e. The second-order valence-corrected chi connectivity index (χ2v) is 5.67. The molecular formula is C13H13Br2FN2O. The van der Waals surface area contributed by atoms with Crippen LogP contribution in [0.4, 0.5) is 4.39 Å². The average Bonchev–Trinajstić information content (AvgIpc) is 2.67. The molecule has 0 saturated carbocycles. The number of nitrogens with zero attached hydrogens (tertiary/aromatic N) is 2. The van der Waals surface area contributed by atoms with E-state index in [1.54, 1.807) is 12.1 Å². The first-order chi connectivity index (χ1) is 9.02. The van der Waals surface area contributed by atoms with E-state index in [1.807, 2.05) is 18.5 Å². The predicted molar refractivity (Wildman–Crippen MR) is 78.8 cm³/mol. The van der Waals surface area contributed by atoms with Crippen molar-refractivity contribution < 1.29 is 9.13 Å². The van der Waals surface area contributed by atoms with Gasteiger partial charge in [0.05, 0.1) is 20.3 Å². The topological polar surface area (TPSA) is 27.1 Å². The lowest BCUT2D eigenvalue weighted by Gasteiger charge is -2.09. The van der Waals surface area contributed by atoms with Gasteiger partial charge in [-0.1, -0.05) is 0 Å². The Balaban J connectivity index is 2.16. The fraction of sp³-hybridized carbons (Fsp3) is 0.308. The lowest BCUT2D eigenvalue weighted by atomic mass is 10.3. The summed E-state index contributed by atoms with van der Waals surface area (Å²) in [6.45, 7) is 5.05. The van der Waals surface area contributed by atoms with E-state index in [0.29, 0.717) is 16.8 Å². The maximum absolute atomic E-state index is 13.4. The van der Waals surface area contributed by atoms with Crippen LogP contribution < -0.4 is 4.74 Å². The second-order valence-electron chi connectivity index (χ2n) is 4.03. The molecule has 0 aliphatic carbocycles. The molecule has 0 fully saturated rings. The summed E-state index contributed by atoms with van der Waals surface area (Å²) in [5.74, 6) is 0.158. The second kappa shape index (κ2) is 6.05. The van der Waals surface area contributed by atoms with E-state index in [9.17, 15) is 4.39 Å². The van der Waals surface area contributed by atoms with Crippen molar-refractivity contribution in [1.82, 2.24) is 9.78 Å². The molecule has 6 heteroatoms. The van der Waals surface area contributed by atoms with E-state index in [-0.39, 0.29) is 5.82 Å². The monoisotopic (exact) mass is 390 g/mol. The Morgan fingerprint density at radius 1 is 1.37 bits per heavy atom. The van der Waals surface area contributed by atoms with Gasteiger partial charge in [0.15, 0.2) is 0 Å². The molecule has 0 spiro atoms. The summed E-state index contributed by atoms with van der Waals surface area (Å²) in [4.78, 5) is 0. The highest BCUT2D eigenvalue weighted by Gasteiger charge is 2.12. The van der Waals surface area contributed by atoms with Gasteiger partial charge in [-0.2, -0.15) is 5.10 Å². The Morgan fingerprint density at radius 2 is 2.11 bits per heavy atom. The van der Waals surface area contributed by atoms with Crippen LogP contribution in [-0.2, 0) is 13.2 Å². The van der Waals surface area contributed by atoms with Gasteiger partial charge in [-0.3, -0.25) is 4.68 Å². The zero-order valence-electron chi connectivity index (χ0n) is 10.6. The summed E-state index contributed by atoms with van der Waals surface area (Å²) < 4.78 is 22.2. The molecule has 0 bridgehead atoms. The van der Waals surface area contributed by atoms with E-state index < -0.39 is 0 Å². The molecule has 1 aromatic carbocycles. The van der Waals surface area contributed by atoms with Crippen LogP contribution in [0, 0.1) is 12.7 Å². The van der Waals surface area contributed by atoms with E-state index in [1.165, 1.54) is 6.07 Å². The third kappa shape index (κ3) is 3.17. The molecule has 1 heterocycles. The fourth-order valence-corrected chi connectivity index (χ4v) is 2.37. The highest BCUT2D eigenvalue weighted by atomic mass is 79.9. The molecule has 1 aromatic heterocycles. The molecule has 2 rings (SSSR count). The van der Waals surface area contributed by atoms with Crippen LogP contribution in [0.1, 0.15) is 18.3 Å². The van der Waals surface area contributed by atoms with Crippen molar-refractivity contribution in [3.8, 4) is 5.75 Å². The number of halogens is 3. The van der Waals surface area contributed by atoms with Gasteiger partial charge in [0.25, 0.3) is 0 Å². The summed E-state index contributed by atoms with van der Waals surface area (Å²) >= 11 is 6.61. The molecule has 102 valence electrons. The minimum atomic E-state index is -0.336. The normalized spacial score (nSPS) is 10.8. The molecule has 0 radical (unpaired) electrons. The highest BCUT2D eigenvalue weighted by molar-refractivity contribution is 9.10. The number of hydrogen-bond acceptors (Lipinski definition) is 2. The molecule has 2 aromatic rings. The van der Waals surface area contributed by atoms with Crippen molar-refractivity contribution >= 4 is 31.9 Å². The van der Waals surface area contributed by atoms with Gasteiger partial charge in [-0.05, 0) is 57.8 Å². The maximum atomic E-state index is 13.4. The van der Waals surface area contributed by atoms with Crippen LogP contribution >= 0.6 is 31.9 Å². The van der Waals surface area contributed by atoms with Gasteiger partial charge in [-0.15, -0.1) is 0 Å². The molecule has 3 nitrogen and oxygen atoms in total. The molecule has 0 unspecified atom stereocenters. The average molecular weight is 392 g/mol. The van der Waals surface area contributed by atoms with E-state index in [2.05, 4.69) is 37.0 Å². The van der Waals surface area contributed by atoms with Crippen molar-refractivity contribution in [2.75, 3.05) is 0 Å². The van der Waals surface area contributed by atoms with Crippen LogP contribution in [0.25, 0.3) is 0 Å². The lowest BCUT2D eigenvalue weighted by Crippen LogP contribution is -2.06. The first-order valence-electron chi connectivity index (χ1n) is 5.82. The van der Waals surface area contributed by atoms with Crippen molar-refractivity contribution in [3.63, 3.8) is 0 Å². The Morgan fingerprint density at radius 3 is 2.74 bits per heavy atom. The highest BCUT2D eigenvalue weighted by Crippen LogP contribution is 2.25. The van der Waals surface area contributed by atoms with Gasteiger partial charge >= 0.3 is 0 Å². The van der Waals surface area contributed by atoms with Crippen LogP contribution in [0.3, 0.4) is 0 Å². The molecule has 0 amide bonds. The molecular weight excluding hydrogens is 379 g/mol. The quantitative estimate of drug-likeness (QED) is 0.769. The molecule has 0 atom stereocenters. The van der Waals surface area contributed by atoms with Crippen molar-refractivity contribution in [2.45, 2.75) is 27.0 Å². The number of aromatic nitrogens is 2. The molecule has 0 aliphatic heterocycles. The first kappa shape index (κ1) is 14.5. The first-order valence-corrected chi connectivity index (χ1v) is 7.41. The largest absolute Gasteiger partial charge is 0.487 e. The number of ether oxygens (including phenoxy) is 1. The zero-order valence-corrected chi connectivity index (χ0v) is 13.8. The van der Waals surface area contributed by atoms with Crippen LogP contribution in [0.2, 0.25) is 0 Å². The zero-order chi connectivity index (χ0) is 14.0. The minimum absolute atomic E-state index is 0.336. The van der Waals surface area contributed by atoms with Crippen molar-refractivity contribution in [1.29, 1.82) is 0 Å². The van der Waals surface area contributed by atoms with E-state index in [0.717, 1.165) is 22.4 Å². The molecule has 0 N–H and O–H groups in total. The SMILES string of the molecule is CCn1nc(C)c(Br)c1COc1ccc(Br)c(F)c1. The third-order valence-corrected chi connectivity index (χ3v) is 4.39. The fourth-order valence-electron chi connectivity index (χ4n) is 1.73. The number of benzene rings is 1. The van der Waals surface area contributed by atoms with Gasteiger partial charge in [0.2, 0.25) is 0 Å². The van der Waals surface area contributed by atoms with Crippen LogP contribution in [0.15, 0.2) is 27.1 Å². The third-order valence-electron chi connectivity index (χ3n) is 2.72. The number of rotatable bonds is 4. The Kier molecular flexibility index (Phi) is 4.62. The molecule has 0 saturated heterocycles. The van der Waals surface area contributed by atoms with Crippen molar-refractivity contribution in [2.24, 2.45) is 0 Å². The van der Waals surface area contributed by atoms with E-state index >= 15 is 0 Å². The Labute approximate surface area is 128 Å². The predicted octanol–water partition coefficient (Wildman–Crippen LogP) is 4.45. The number of aryl methyl sites for hydroxylation is 2. The van der Waals surface area contributed by atoms with Gasteiger partial charge in [-0.25, -0.2) is 4.39 Å². The van der Waals surface area contributed by atoms with Gasteiger partial charge in [0.1, 0.15) is 18.2 Å². The molecule has 0 aliphatic rings. The Hall–Kier alpha value is -0.880. The summed E-state index contributed by atoms with van der Waals surface area (Å²) in [5.41, 5.74) is 1.87. The van der Waals surface area contributed by atoms with Crippen LogP contribution in [-0.4, -0.2) is 9.78 Å². The summed E-state index contributed by atoms with van der Waals surface area (Å²) in [5, 5.41) is 4.38. The summed E-state index contributed by atoms with van der Waals surface area (Å²) in [6, 6.07) is 4.71. The lowest BCUT2D eigenvalue weighted by molar-refractivity contribution is 0.290. The van der Waals surface area contributed by atoms with Gasteiger partial charge < -0.3 is 4.74 Å². The summed E-state index contributed by atoms with van der Waals surface area (Å²) in [7, 11) is 0. The standard InChI is InChI=1S/C13H13Br2FN2O/c1-3-18-12(13(15)8(2)17-18)7-19-9-4-5-10(14)11(16)6-9/h4-6H,3,7H2,1-2H3. The molecule has 19 heavy (non-hydrogen) atoms. The van der Waals surface area contributed by atoms with E-state index in [4.69, 9.17) is 4.74 Å². The van der Waals surface area contributed by atoms with Gasteiger partial charge in [0, 0.05) is 12.6 Å². The van der Waals surface area contributed by atoms with Crippen LogP contribution in [0.5, 0.6) is 5.75 Å².